The number of carbonyl (C=O) groups excluding carboxylic acids is 2. The Labute approximate surface area is 176 Å². The maximum absolute atomic E-state index is 13.2. The fourth-order valence-corrected chi connectivity index (χ4v) is 3.81. The molecule has 30 heavy (non-hydrogen) atoms. The van der Waals surface area contributed by atoms with Gasteiger partial charge in [0.15, 0.2) is 0 Å². The van der Waals surface area contributed by atoms with E-state index in [2.05, 4.69) is 24.2 Å². The van der Waals surface area contributed by atoms with Gasteiger partial charge in [-0.25, -0.2) is 4.68 Å². The van der Waals surface area contributed by atoms with Gasteiger partial charge in [-0.15, -0.1) is 5.10 Å². The van der Waals surface area contributed by atoms with Crippen LogP contribution in [0.4, 0.5) is 5.69 Å². The van der Waals surface area contributed by atoms with E-state index in [1.807, 2.05) is 67.1 Å². The van der Waals surface area contributed by atoms with Crippen LogP contribution in [0.1, 0.15) is 45.7 Å². The van der Waals surface area contributed by atoms with Crippen LogP contribution in [0.2, 0.25) is 0 Å². The molecular weight excluding hydrogens is 376 g/mol. The molecule has 1 amide bonds. The molecule has 0 aliphatic carbocycles. The highest BCUT2D eigenvalue weighted by atomic mass is 16.2. The first kappa shape index (κ1) is 20.0. The van der Waals surface area contributed by atoms with Crippen LogP contribution < -0.4 is 4.90 Å². The highest BCUT2D eigenvalue weighted by Crippen LogP contribution is 2.41. The lowest BCUT2D eigenvalue weighted by atomic mass is 9.95. The highest BCUT2D eigenvalue weighted by molar-refractivity contribution is 6.08. The van der Waals surface area contributed by atoms with Crippen molar-refractivity contribution >= 4 is 17.4 Å². The number of Topliss-reactive ketones (excluding diaryl/α,β-unsaturated/α-hetero) is 1. The number of carbonyl (C=O) groups is 2. The molecule has 0 N–H and O–H groups in total. The number of amides is 1. The molecule has 0 unspecified atom stereocenters. The monoisotopic (exact) mass is 402 g/mol. The van der Waals surface area contributed by atoms with Crippen LogP contribution in [0, 0.1) is 5.92 Å². The lowest BCUT2D eigenvalue weighted by Gasteiger charge is -2.29. The fourth-order valence-electron chi connectivity index (χ4n) is 3.81. The molecule has 0 bridgehead atoms. The molecule has 0 saturated heterocycles. The van der Waals surface area contributed by atoms with E-state index in [1.165, 1.54) is 0 Å². The maximum Gasteiger partial charge on any atom is 0.234 e. The summed E-state index contributed by atoms with van der Waals surface area (Å²) in [4.78, 5) is 27.3. The van der Waals surface area contributed by atoms with Gasteiger partial charge in [0.1, 0.15) is 11.5 Å². The van der Waals surface area contributed by atoms with E-state index < -0.39 is 0 Å². The summed E-state index contributed by atoms with van der Waals surface area (Å²) in [6, 6.07) is 15.9. The largest absolute Gasteiger partial charge is 0.307 e. The Morgan fingerprint density at radius 2 is 1.63 bits per heavy atom. The Morgan fingerprint density at radius 3 is 2.33 bits per heavy atom. The molecule has 154 valence electrons. The fraction of sp³-hybridized carbons (Fsp3) is 0.333. The maximum atomic E-state index is 13.2. The van der Waals surface area contributed by atoms with Gasteiger partial charge >= 0.3 is 0 Å². The molecule has 0 saturated carbocycles. The molecule has 1 aromatic heterocycles. The van der Waals surface area contributed by atoms with Gasteiger partial charge in [0.2, 0.25) is 5.91 Å². The molecular formula is C24H26N4O2. The Kier molecular flexibility index (Phi) is 5.24. The zero-order valence-electron chi connectivity index (χ0n) is 17.8. The Balaban J connectivity index is 1.94. The second kappa shape index (κ2) is 7.86. The number of para-hydroxylation sites is 1. The van der Waals surface area contributed by atoms with Crippen LogP contribution >= 0.6 is 0 Å². The number of rotatable bonds is 4. The van der Waals surface area contributed by atoms with E-state index in [9.17, 15) is 9.59 Å². The predicted molar refractivity (Wildman–Crippen MR) is 117 cm³/mol. The van der Waals surface area contributed by atoms with Gasteiger partial charge in [-0.3, -0.25) is 9.59 Å². The smallest absolute Gasteiger partial charge is 0.234 e. The third-order valence-corrected chi connectivity index (χ3v) is 5.50. The minimum Gasteiger partial charge on any atom is -0.307 e. The van der Waals surface area contributed by atoms with E-state index >= 15 is 0 Å². The van der Waals surface area contributed by atoms with Crippen molar-refractivity contribution in [2.75, 3.05) is 4.90 Å². The summed E-state index contributed by atoms with van der Waals surface area (Å²) in [7, 11) is 0. The standard InChI is InChI=1S/C24H26N4O2/c1-15(2)21(29)13-22(30)27-14-17-9-5-6-10-18(17)24-23(25-26-28(24)16(3)4)19-11-7-8-12-20(19)27/h5-12,15-16H,13-14H2,1-4H3. The summed E-state index contributed by atoms with van der Waals surface area (Å²) >= 11 is 0. The van der Waals surface area contributed by atoms with E-state index in [4.69, 9.17) is 0 Å². The molecule has 4 rings (SSSR count). The Hall–Kier alpha value is -3.28. The minimum absolute atomic E-state index is 0.0562. The average Bonchev–Trinajstić information content (AvgIpc) is 3.15. The first-order valence-electron chi connectivity index (χ1n) is 10.3. The normalized spacial score (nSPS) is 12.8. The van der Waals surface area contributed by atoms with Crippen LogP contribution in [-0.4, -0.2) is 26.7 Å². The molecule has 1 aliphatic rings. The molecule has 2 heterocycles. The van der Waals surface area contributed by atoms with E-state index in [0.29, 0.717) is 6.54 Å². The Bertz CT molecular complexity index is 1110. The second-order valence-electron chi connectivity index (χ2n) is 8.28. The molecule has 6 heteroatoms. The van der Waals surface area contributed by atoms with Crippen LogP contribution in [0.5, 0.6) is 0 Å². The van der Waals surface area contributed by atoms with Crippen LogP contribution in [-0.2, 0) is 16.1 Å². The van der Waals surface area contributed by atoms with Crippen molar-refractivity contribution in [3.8, 4) is 22.5 Å². The predicted octanol–water partition coefficient (Wildman–Crippen LogP) is 4.65. The van der Waals surface area contributed by atoms with Gasteiger partial charge in [0.05, 0.1) is 24.3 Å². The van der Waals surface area contributed by atoms with Gasteiger partial charge in [-0.05, 0) is 25.5 Å². The number of benzene rings is 2. The number of hydrogen-bond acceptors (Lipinski definition) is 4. The first-order chi connectivity index (χ1) is 14.4. The molecule has 0 spiro atoms. The summed E-state index contributed by atoms with van der Waals surface area (Å²) in [5, 5.41) is 8.94. The summed E-state index contributed by atoms with van der Waals surface area (Å²) in [6.45, 7) is 8.19. The van der Waals surface area contributed by atoms with Crippen LogP contribution in [0.15, 0.2) is 48.5 Å². The van der Waals surface area contributed by atoms with Gasteiger partial charge in [-0.1, -0.05) is 61.5 Å². The summed E-state index contributed by atoms with van der Waals surface area (Å²) in [5.41, 5.74) is 5.32. The van der Waals surface area contributed by atoms with Crippen molar-refractivity contribution in [1.82, 2.24) is 15.0 Å². The zero-order chi connectivity index (χ0) is 21.4. The lowest BCUT2D eigenvalue weighted by molar-refractivity contribution is -0.128. The molecule has 0 radical (unpaired) electrons. The van der Waals surface area contributed by atoms with Crippen molar-refractivity contribution in [1.29, 1.82) is 0 Å². The average molecular weight is 402 g/mol. The van der Waals surface area contributed by atoms with Crippen LogP contribution in [0.3, 0.4) is 0 Å². The van der Waals surface area contributed by atoms with Crippen molar-refractivity contribution in [2.45, 2.75) is 46.7 Å². The summed E-state index contributed by atoms with van der Waals surface area (Å²) in [5.74, 6) is -0.432. The topological polar surface area (TPSA) is 68.1 Å². The Morgan fingerprint density at radius 1 is 0.967 bits per heavy atom. The number of ketones is 1. The summed E-state index contributed by atoms with van der Waals surface area (Å²) in [6.07, 6.45) is -0.111. The van der Waals surface area contributed by atoms with E-state index in [0.717, 1.165) is 33.8 Å². The molecule has 2 aromatic carbocycles. The van der Waals surface area contributed by atoms with E-state index in [-0.39, 0.29) is 30.1 Å². The third-order valence-electron chi connectivity index (χ3n) is 5.50. The van der Waals surface area contributed by atoms with Gasteiger partial charge < -0.3 is 4.90 Å². The summed E-state index contributed by atoms with van der Waals surface area (Å²) < 4.78 is 1.94. The third kappa shape index (κ3) is 3.43. The quantitative estimate of drug-likeness (QED) is 0.596. The van der Waals surface area contributed by atoms with Crippen molar-refractivity contribution in [3.63, 3.8) is 0 Å². The number of anilines is 1. The van der Waals surface area contributed by atoms with Gasteiger partial charge in [0.25, 0.3) is 0 Å². The number of hydrogen-bond donors (Lipinski definition) is 0. The van der Waals surface area contributed by atoms with Crippen molar-refractivity contribution < 1.29 is 9.59 Å². The van der Waals surface area contributed by atoms with E-state index in [1.54, 1.807) is 4.90 Å². The molecule has 3 aromatic rings. The number of nitrogens with zero attached hydrogens (tertiary/aromatic N) is 4. The molecule has 1 aliphatic heterocycles. The molecule has 0 atom stereocenters. The number of aromatic nitrogens is 3. The van der Waals surface area contributed by atoms with Crippen molar-refractivity contribution in [3.05, 3.63) is 54.1 Å². The van der Waals surface area contributed by atoms with Gasteiger partial charge in [-0.2, -0.15) is 0 Å². The second-order valence-corrected chi connectivity index (χ2v) is 8.28. The number of fused-ring (bicyclic) bond motifs is 5. The molecule has 6 nitrogen and oxygen atoms in total. The first-order valence-corrected chi connectivity index (χ1v) is 10.3. The van der Waals surface area contributed by atoms with Crippen LogP contribution in [0.25, 0.3) is 22.5 Å². The molecule has 0 fully saturated rings. The van der Waals surface area contributed by atoms with Crippen molar-refractivity contribution in [2.24, 2.45) is 5.92 Å². The zero-order valence-corrected chi connectivity index (χ0v) is 17.8. The van der Waals surface area contributed by atoms with Gasteiger partial charge in [0, 0.05) is 23.1 Å². The highest BCUT2D eigenvalue weighted by Gasteiger charge is 2.30. The SMILES string of the molecule is CC(C)C(=O)CC(=O)N1Cc2ccccc2-c2c(nnn2C(C)C)-c2ccccc21. The minimum atomic E-state index is -0.198. The lowest BCUT2D eigenvalue weighted by Crippen LogP contribution is -2.34.